The fourth-order valence-electron chi connectivity index (χ4n) is 3.23. The molecule has 8 heteroatoms. The summed E-state index contributed by atoms with van der Waals surface area (Å²) in [4.78, 5) is 11.3. The molecule has 7 nitrogen and oxygen atoms in total. The van der Waals surface area contributed by atoms with E-state index in [2.05, 4.69) is 5.32 Å². The third kappa shape index (κ3) is 5.04. The van der Waals surface area contributed by atoms with Crippen molar-refractivity contribution in [3.05, 3.63) is 0 Å². The molecule has 2 aliphatic rings. The van der Waals surface area contributed by atoms with E-state index in [1.165, 1.54) is 18.7 Å². The molecule has 2 rings (SSSR count). The van der Waals surface area contributed by atoms with Crippen LogP contribution >= 0.6 is 11.8 Å². The van der Waals surface area contributed by atoms with Gasteiger partial charge in [0.2, 0.25) is 5.91 Å². The van der Waals surface area contributed by atoms with Gasteiger partial charge in [-0.15, -0.1) is 11.8 Å². The van der Waals surface area contributed by atoms with Gasteiger partial charge in [-0.05, 0) is 19.3 Å². The van der Waals surface area contributed by atoms with Gasteiger partial charge in [-0.2, -0.15) is 0 Å². The van der Waals surface area contributed by atoms with Crippen LogP contribution in [0, 0.1) is 0 Å². The highest BCUT2D eigenvalue weighted by molar-refractivity contribution is 8.00. The van der Waals surface area contributed by atoms with Crippen LogP contribution in [0.1, 0.15) is 39.0 Å². The van der Waals surface area contributed by atoms with Crippen molar-refractivity contribution in [1.29, 1.82) is 0 Å². The molecule has 7 atom stereocenters. The minimum atomic E-state index is -1.34. The van der Waals surface area contributed by atoms with E-state index in [1.807, 2.05) is 0 Å². The molecule has 5 N–H and O–H groups in total. The van der Waals surface area contributed by atoms with Crippen LogP contribution in [0.4, 0.5) is 0 Å². The van der Waals surface area contributed by atoms with Gasteiger partial charge in [0.25, 0.3) is 0 Å². The maximum absolute atomic E-state index is 11.3. The minimum Gasteiger partial charge on any atom is -0.394 e. The normalized spacial score (nSPS) is 42.0. The van der Waals surface area contributed by atoms with Crippen LogP contribution in [-0.4, -0.2) is 74.1 Å². The lowest BCUT2D eigenvalue weighted by Gasteiger charge is -2.40. The monoisotopic (exact) mass is 349 g/mol. The Balaban J connectivity index is 1.97. The maximum atomic E-state index is 11.3. The first-order chi connectivity index (χ1) is 10.9. The van der Waals surface area contributed by atoms with Crippen molar-refractivity contribution >= 4 is 17.7 Å². The number of thioether (sulfide) groups is 1. The molecule has 1 saturated carbocycles. The molecule has 0 aromatic carbocycles. The molecule has 1 aliphatic heterocycles. The Bertz CT molecular complexity index is 396. The van der Waals surface area contributed by atoms with E-state index >= 15 is 0 Å². The van der Waals surface area contributed by atoms with Crippen LogP contribution in [0.25, 0.3) is 0 Å². The van der Waals surface area contributed by atoms with Gasteiger partial charge in [-0.3, -0.25) is 4.79 Å². The molecule has 0 aromatic rings. The summed E-state index contributed by atoms with van der Waals surface area (Å²) < 4.78 is 5.56. The number of rotatable bonds is 4. The number of hydrogen-bond acceptors (Lipinski definition) is 7. The SMILES string of the molecule is CC(=O)NC1CCCCC(S[C@@H]2O[C@H](CO)[C@H](O)[C@H](O)[C@H]2O)C1. The standard InChI is InChI=1S/C15H27NO6S/c1-8(18)16-9-4-2-3-5-10(6-9)23-15-14(21)13(20)12(19)11(7-17)22-15/h9-15,17,19-21H,2-7H2,1H3,(H,16,18)/t9?,10?,11-,12+,13+,14-,15+/m1/s1. The Morgan fingerprint density at radius 1 is 1.17 bits per heavy atom. The zero-order valence-electron chi connectivity index (χ0n) is 13.3. The Labute approximate surface area is 140 Å². The minimum absolute atomic E-state index is 0.0477. The van der Waals surface area contributed by atoms with Gasteiger partial charge in [0.1, 0.15) is 29.9 Å². The number of hydrogen-bond donors (Lipinski definition) is 5. The molecule has 0 aromatic heterocycles. The number of amides is 1. The van der Waals surface area contributed by atoms with E-state index < -0.39 is 36.5 Å². The number of carbonyl (C=O) groups is 1. The quantitative estimate of drug-likeness (QED) is 0.428. The number of aliphatic hydroxyl groups is 4. The van der Waals surface area contributed by atoms with Crippen LogP contribution in [0.5, 0.6) is 0 Å². The van der Waals surface area contributed by atoms with Crippen molar-refractivity contribution in [2.75, 3.05) is 6.61 Å². The van der Waals surface area contributed by atoms with Crippen molar-refractivity contribution in [3.63, 3.8) is 0 Å². The summed E-state index contributed by atoms with van der Waals surface area (Å²) in [5.41, 5.74) is -0.702. The first-order valence-corrected chi connectivity index (χ1v) is 9.09. The van der Waals surface area contributed by atoms with Gasteiger partial charge in [0.05, 0.1) is 6.61 Å². The van der Waals surface area contributed by atoms with E-state index in [1.54, 1.807) is 0 Å². The second-order valence-corrected chi connectivity index (χ2v) is 7.78. The fraction of sp³-hybridized carbons (Fsp3) is 0.933. The summed E-state index contributed by atoms with van der Waals surface area (Å²) in [6, 6.07) is 0.109. The number of ether oxygens (including phenoxy) is 1. The van der Waals surface area contributed by atoms with Crippen molar-refractivity contribution in [2.45, 2.75) is 80.2 Å². The smallest absolute Gasteiger partial charge is 0.217 e. The maximum Gasteiger partial charge on any atom is 0.217 e. The Morgan fingerprint density at radius 2 is 1.87 bits per heavy atom. The van der Waals surface area contributed by atoms with E-state index in [4.69, 9.17) is 4.74 Å². The molecule has 1 amide bonds. The highest BCUT2D eigenvalue weighted by Gasteiger charge is 2.44. The van der Waals surface area contributed by atoms with E-state index in [-0.39, 0.29) is 17.2 Å². The average molecular weight is 349 g/mol. The second kappa shape index (κ2) is 8.64. The predicted octanol–water partition coefficient (Wildman–Crippen LogP) is -0.643. The number of aliphatic hydroxyl groups excluding tert-OH is 4. The molecule has 0 bridgehead atoms. The Morgan fingerprint density at radius 3 is 2.52 bits per heavy atom. The largest absolute Gasteiger partial charge is 0.394 e. The Hall–Kier alpha value is -0.380. The van der Waals surface area contributed by atoms with Crippen molar-refractivity contribution in [2.24, 2.45) is 0 Å². The zero-order chi connectivity index (χ0) is 17.0. The van der Waals surface area contributed by atoms with Crippen LogP contribution in [0.15, 0.2) is 0 Å². The van der Waals surface area contributed by atoms with Gasteiger partial charge in [0.15, 0.2) is 0 Å². The van der Waals surface area contributed by atoms with Crippen LogP contribution in [0.3, 0.4) is 0 Å². The number of carbonyl (C=O) groups excluding carboxylic acids is 1. The predicted molar refractivity (Wildman–Crippen MR) is 85.8 cm³/mol. The van der Waals surface area contributed by atoms with Crippen molar-refractivity contribution in [1.82, 2.24) is 5.32 Å². The van der Waals surface area contributed by atoms with Crippen LogP contribution in [0.2, 0.25) is 0 Å². The highest BCUT2D eigenvalue weighted by atomic mass is 32.2. The van der Waals surface area contributed by atoms with Crippen molar-refractivity contribution in [3.8, 4) is 0 Å². The molecule has 2 fully saturated rings. The van der Waals surface area contributed by atoms with Gasteiger partial charge in [-0.1, -0.05) is 12.8 Å². The van der Waals surface area contributed by atoms with Gasteiger partial charge >= 0.3 is 0 Å². The average Bonchev–Trinajstić information content (AvgIpc) is 2.72. The lowest BCUT2D eigenvalue weighted by molar-refractivity contribution is -0.205. The summed E-state index contributed by atoms with van der Waals surface area (Å²) in [5, 5.41) is 42.2. The molecular weight excluding hydrogens is 322 g/mol. The second-order valence-electron chi connectivity index (χ2n) is 6.37. The van der Waals surface area contributed by atoms with Gasteiger partial charge in [-0.25, -0.2) is 0 Å². The molecule has 134 valence electrons. The summed E-state index contributed by atoms with van der Waals surface area (Å²) in [6.07, 6.45) is -0.0195. The molecule has 1 aliphatic carbocycles. The van der Waals surface area contributed by atoms with Crippen molar-refractivity contribution < 1.29 is 30.0 Å². The van der Waals surface area contributed by atoms with E-state index in [0.29, 0.717) is 0 Å². The van der Waals surface area contributed by atoms with Crippen LogP contribution in [-0.2, 0) is 9.53 Å². The van der Waals surface area contributed by atoms with Crippen LogP contribution < -0.4 is 5.32 Å². The third-order valence-corrected chi connectivity index (χ3v) is 5.93. The molecule has 0 spiro atoms. The van der Waals surface area contributed by atoms with Gasteiger partial charge in [0, 0.05) is 18.2 Å². The molecule has 1 heterocycles. The summed E-state index contributed by atoms with van der Waals surface area (Å²) in [7, 11) is 0. The topological polar surface area (TPSA) is 119 Å². The molecule has 0 radical (unpaired) electrons. The summed E-state index contributed by atoms with van der Waals surface area (Å²) in [6.45, 7) is 1.09. The lowest BCUT2D eigenvalue weighted by atomic mass is 10.0. The number of nitrogens with one attached hydrogen (secondary N) is 1. The third-order valence-electron chi connectivity index (χ3n) is 4.46. The molecule has 23 heavy (non-hydrogen) atoms. The molecular formula is C15H27NO6S. The molecule has 1 saturated heterocycles. The first kappa shape index (κ1) is 19.0. The molecule has 2 unspecified atom stereocenters. The first-order valence-electron chi connectivity index (χ1n) is 8.15. The zero-order valence-corrected chi connectivity index (χ0v) is 14.1. The summed E-state index contributed by atoms with van der Waals surface area (Å²) in [5.74, 6) is -0.0477. The highest BCUT2D eigenvalue weighted by Crippen LogP contribution is 2.36. The van der Waals surface area contributed by atoms with E-state index in [0.717, 1.165) is 32.1 Å². The van der Waals surface area contributed by atoms with E-state index in [9.17, 15) is 25.2 Å². The summed E-state index contributed by atoms with van der Waals surface area (Å²) >= 11 is 1.41. The lowest BCUT2D eigenvalue weighted by Crippen LogP contribution is -2.57. The Kier molecular flexibility index (Phi) is 7.12. The van der Waals surface area contributed by atoms with Gasteiger partial charge < -0.3 is 30.5 Å². The fourth-order valence-corrected chi connectivity index (χ4v) is 4.78.